The molecule has 204 valence electrons. The van der Waals surface area contributed by atoms with Crippen LogP contribution in [0.25, 0.3) is 11.0 Å². The van der Waals surface area contributed by atoms with Gasteiger partial charge in [-0.3, -0.25) is 4.79 Å². The van der Waals surface area contributed by atoms with E-state index in [1.165, 1.54) is 0 Å². The average Bonchev–Trinajstić information content (AvgIpc) is 3.30. The van der Waals surface area contributed by atoms with Crippen molar-refractivity contribution in [3.63, 3.8) is 0 Å². The molecule has 1 N–H and O–H groups in total. The summed E-state index contributed by atoms with van der Waals surface area (Å²) in [6, 6.07) is 16.7. The number of carboxylic acids is 1. The van der Waals surface area contributed by atoms with E-state index in [-0.39, 0.29) is 18.9 Å². The fraction of sp³-hybridized carbons (Fsp3) is 0.345. The summed E-state index contributed by atoms with van der Waals surface area (Å²) < 4.78 is 35.9. The number of hydrogen-bond acceptors (Lipinski definition) is 6. The van der Waals surface area contributed by atoms with Gasteiger partial charge in [-0.15, -0.1) is 5.10 Å². The number of aliphatic carboxylic acids is 1. The standard InChI is InChI=1S/C29H32N4O5S/c1-5-19-16-33(39(36,37)27-9-7-6-8-23(19)27)17-22-12-20(11-10-18(22)2)24(15-28(34)35)21-13-25-29(26(14-21)38-4)32(3)31-30-25/h6-14,19,24H,5,15-17H2,1-4H3,(H,34,35). The summed E-state index contributed by atoms with van der Waals surface area (Å²) in [7, 11) is -0.340. The van der Waals surface area contributed by atoms with Crippen LogP contribution in [0.3, 0.4) is 0 Å². The van der Waals surface area contributed by atoms with E-state index in [9.17, 15) is 18.3 Å². The van der Waals surface area contributed by atoms with Gasteiger partial charge >= 0.3 is 5.97 Å². The number of benzene rings is 3. The van der Waals surface area contributed by atoms with Crippen molar-refractivity contribution in [3.8, 4) is 5.75 Å². The van der Waals surface area contributed by atoms with Crippen molar-refractivity contribution in [2.45, 2.75) is 50.0 Å². The van der Waals surface area contributed by atoms with Crippen molar-refractivity contribution in [3.05, 3.63) is 82.4 Å². The molecule has 0 aliphatic carbocycles. The van der Waals surface area contributed by atoms with Gasteiger partial charge in [-0.1, -0.05) is 48.5 Å². The Balaban J connectivity index is 1.55. The Morgan fingerprint density at radius 3 is 2.64 bits per heavy atom. The molecule has 0 radical (unpaired) electrons. The minimum absolute atomic E-state index is 0.110. The highest BCUT2D eigenvalue weighted by Gasteiger charge is 2.36. The largest absolute Gasteiger partial charge is 0.494 e. The van der Waals surface area contributed by atoms with Crippen molar-refractivity contribution >= 4 is 27.0 Å². The second kappa shape index (κ2) is 10.4. The predicted octanol–water partition coefficient (Wildman–Crippen LogP) is 4.59. The molecule has 0 amide bonds. The van der Waals surface area contributed by atoms with Gasteiger partial charge in [-0.2, -0.15) is 4.31 Å². The van der Waals surface area contributed by atoms with Crippen LogP contribution in [0.1, 0.15) is 59.4 Å². The van der Waals surface area contributed by atoms with Gasteiger partial charge in [0.1, 0.15) is 16.8 Å². The van der Waals surface area contributed by atoms with Crippen molar-refractivity contribution < 1.29 is 23.1 Å². The van der Waals surface area contributed by atoms with Crippen molar-refractivity contribution in [1.82, 2.24) is 19.3 Å². The van der Waals surface area contributed by atoms with Crippen LogP contribution >= 0.6 is 0 Å². The Morgan fingerprint density at radius 2 is 1.92 bits per heavy atom. The molecule has 0 saturated carbocycles. The summed E-state index contributed by atoms with van der Waals surface area (Å²) in [6.45, 7) is 4.63. The zero-order chi connectivity index (χ0) is 27.9. The third-order valence-corrected chi connectivity index (χ3v) is 9.59. The van der Waals surface area contributed by atoms with Gasteiger partial charge in [0.2, 0.25) is 10.0 Å². The van der Waals surface area contributed by atoms with E-state index >= 15 is 0 Å². The Hall–Kier alpha value is -3.76. The van der Waals surface area contributed by atoms with E-state index in [1.807, 2.05) is 49.4 Å². The summed E-state index contributed by atoms with van der Waals surface area (Å²) in [4.78, 5) is 12.3. The first-order valence-corrected chi connectivity index (χ1v) is 14.4. The number of carbonyl (C=O) groups is 1. The Bertz CT molecular complexity index is 1660. The minimum atomic E-state index is -3.67. The highest BCUT2D eigenvalue weighted by Crippen LogP contribution is 2.38. The quantitative estimate of drug-likeness (QED) is 0.342. The zero-order valence-electron chi connectivity index (χ0n) is 22.5. The first-order valence-electron chi connectivity index (χ1n) is 12.9. The fourth-order valence-electron chi connectivity index (χ4n) is 5.54. The summed E-state index contributed by atoms with van der Waals surface area (Å²) in [5.41, 5.74) is 5.51. The molecule has 0 fully saturated rings. The summed E-state index contributed by atoms with van der Waals surface area (Å²) in [5.74, 6) is -0.772. The zero-order valence-corrected chi connectivity index (χ0v) is 23.3. The van der Waals surface area contributed by atoms with Crippen molar-refractivity contribution in [1.29, 1.82) is 0 Å². The molecule has 4 aromatic rings. The molecule has 1 aromatic heterocycles. The molecule has 10 heteroatoms. The van der Waals surface area contributed by atoms with Crippen LogP contribution in [0.15, 0.2) is 59.5 Å². The Kier molecular flexibility index (Phi) is 7.17. The van der Waals surface area contributed by atoms with Crippen molar-refractivity contribution in [2.24, 2.45) is 7.05 Å². The number of sulfonamides is 1. The van der Waals surface area contributed by atoms with Crippen LogP contribution < -0.4 is 4.74 Å². The number of ether oxygens (including phenoxy) is 1. The monoisotopic (exact) mass is 548 g/mol. The van der Waals surface area contributed by atoms with E-state index in [0.717, 1.165) is 39.8 Å². The summed E-state index contributed by atoms with van der Waals surface area (Å²) in [5, 5.41) is 18.1. The number of aryl methyl sites for hydroxylation is 2. The van der Waals surface area contributed by atoms with Crippen molar-refractivity contribution in [2.75, 3.05) is 13.7 Å². The van der Waals surface area contributed by atoms with E-state index in [1.54, 1.807) is 35.3 Å². The van der Waals surface area contributed by atoms with Gasteiger partial charge in [-0.05, 0) is 65.3 Å². The number of rotatable bonds is 8. The Labute approximate surface area is 228 Å². The molecular formula is C29H32N4O5S. The lowest BCUT2D eigenvalue weighted by molar-refractivity contribution is -0.137. The summed E-state index contributed by atoms with van der Waals surface area (Å²) >= 11 is 0. The number of aromatic nitrogens is 3. The van der Waals surface area contributed by atoms with Gasteiger partial charge < -0.3 is 9.84 Å². The molecule has 2 unspecified atom stereocenters. The third kappa shape index (κ3) is 4.90. The van der Waals surface area contributed by atoms with Crippen LogP contribution in [0, 0.1) is 6.92 Å². The second-order valence-electron chi connectivity index (χ2n) is 10.1. The van der Waals surface area contributed by atoms with Gasteiger partial charge in [0.25, 0.3) is 0 Å². The van der Waals surface area contributed by atoms with E-state index in [2.05, 4.69) is 17.2 Å². The first kappa shape index (κ1) is 26.8. The third-order valence-electron chi connectivity index (χ3n) is 7.70. The lowest BCUT2D eigenvalue weighted by Gasteiger charge is -2.34. The molecular weight excluding hydrogens is 516 g/mol. The summed E-state index contributed by atoms with van der Waals surface area (Å²) in [6.07, 6.45) is 0.681. The highest BCUT2D eigenvalue weighted by atomic mass is 32.2. The van der Waals surface area contributed by atoms with Gasteiger partial charge in [0, 0.05) is 26.1 Å². The molecule has 2 heterocycles. The second-order valence-corrected chi connectivity index (χ2v) is 12.0. The molecule has 0 bridgehead atoms. The van der Waals surface area contributed by atoms with Gasteiger partial charge in [-0.25, -0.2) is 13.1 Å². The Morgan fingerprint density at radius 1 is 1.15 bits per heavy atom. The normalized spacial score (nSPS) is 17.6. The van der Waals surface area contributed by atoms with E-state index in [0.29, 0.717) is 22.7 Å². The molecule has 0 spiro atoms. The average molecular weight is 549 g/mol. The topological polar surface area (TPSA) is 115 Å². The van der Waals surface area contributed by atoms with Gasteiger partial charge in [0.15, 0.2) is 0 Å². The number of nitrogens with zero attached hydrogens (tertiary/aromatic N) is 4. The van der Waals surface area contributed by atoms with Crippen LogP contribution in [-0.2, 0) is 28.4 Å². The maximum Gasteiger partial charge on any atom is 0.304 e. The molecule has 9 nitrogen and oxygen atoms in total. The van der Waals surface area contributed by atoms with E-state index < -0.39 is 21.9 Å². The molecule has 2 atom stereocenters. The molecule has 5 rings (SSSR count). The molecule has 3 aromatic carbocycles. The first-order chi connectivity index (χ1) is 18.6. The van der Waals surface area contributed by atoms with Crippen LogP contribution in [0.5, 0.6) is 5.75 Å². The van der Waals surface area contributed by atoms with Crippen LogP contribution in [0.2, 0.25) is 0 Å². The SMILES string of the molecule is CCC1CN(Cc2cc(C(CC(=O)O)c3cc(OC)c4c(c3)nnn4C)ccc2C)S(=O)(=O)c2ccccc21. The van der Waals surface area contributed by atoms with Crippen LogP contribution in [-0.4, -0.2) is 52.4 Å². The lowest BCUT2D eigenvalue weighted by atomic mass is 9.86. The smallest absolute Gasteiger partial charge is 0.304 e. The number of methoxy groups -OCH3 is 1. The molecule has 1 aliphatic heterocycles. The number of carboxylic acid groups (broad SMARTS) is 1. The predicted molar refractivity (Wildman–Crippen MR) is 147 cm³/mol. The lowest BCUT2D eigenvalue weighted by Crippen LogP contribution is -2.39. The minimum Gasteiger partial charge on any atom is -0.494 e. The van der Waals surface area contributed by atoms with Crippen LogP contribution in [0.4, 0.5) is 0 Å². The molecule has 39 heavy (non-hydrogen) atoms. The maximum absolute atomic E-state index is 13.6. The molecule has 0 saturated heterocycles. The molecule has 1 aliphatic rings. The fourth-order valence-corrected chi connectivity index (χ4v) is 7.28. The van der Waals surface area contributed by atoms with Gasteiger partial charge in [0.05, 0.1) is 18.4 Å². The maximum atomic E-state index is 13.6. The number of fused-ring (bicyclic) bond motifs is 2. The van der Waals surface area contributed by atoms with E-state index in [4.69, 9.17) is 4.74 Å². The highest BCUT2D eigenvalue weighted by molar-refractivity contribution is 7.89. The number of hydrogen-bond donors (Lipinski definition) is 1.